The molecule has 1 amide bonds. The topological polar surface area (TPSA) is 71.3 Å². The van der Waals surface area contributed by atoms with Crippen LogP contribution in [-0.2, 0) is 0 Å². The van der Waals surface area contributed by atoms with Gasteiger partial charge in [0.2, 0.25) is 0 Å². The maximum absolute atomic E-state index is 11.9. The van der Waals surface area contributed by atoms with Crippen molar-refractivity contribution in [1.29, 1.82) is 0 Å². The number of aromatic nitrogens is 2. The molecule has 0 saturated carbocycles. The summed E-state index contributed by atoms with van der Waals surface area (Å²) in [5, 5.41) is 2.94. The molecule has 0 radical (unpaired) electrons. The first-order valence-electron chi connectivity index (χ1n) is 7.57. The van der Waals surface area contributed by atoms with Crippen LogP contribution in [0.2, 0.25) is 0 Å². The fourth-order valence-corrected chi connectivity index (χ4v) is 2.77. The monoisotopic (exact) mass is 300 g/mol. The third-order valence-electron chi connectivity index (χ3n) is 3.88. The van der Waals surface area contributed by atoms with Crippen LogP contribution in [0.4, 0.5) is 5.82 Å². The molecule has 0 bridgehead atoms. The molecule has 22 heavy (non-hydrogen) atoms. The van der Waals surface area contributed by atoms with Crippen LogP contribution in [0.25, 0.3) is 0 Å². The van der Waals surface area contributed by atoms with E-state index in [2.05, 4.69) is 20.2 Å². The van der Waals surface area contributed by atoms with Crippen molar-refractivity contribution in [3.05, 3.63) is 42.2 Å². The molecular weight excluding hydrogens is 280 g/mol. The van der Waals surface area contributed by atoms with E-state index < -0.39 is 0 Å². The van der Waals surface area contributed by atoms with Gasteiger partial charge in [-0.25, -0.2) is 4.98 Å². The van der Waals surface area contributed by atoms with E-state index in [0.717, 1.165) is 37.4 Å². The lowest BCUT2D eigenvalue weighted by atomic mass is 9.98. The van der Waals surface area contributed by atoms with Gasteiger partial charge in [-0.1, -0.05) is 0 Å². The summed E-state index contributed by atoms with van der Waals surface area (Å²) in [4.78, 5) is 22.9. The van der Waals surface area contributed by atoms with Gasteiger partial charge in [0, 0.05) is 25.8 Å². The van der Waals surface area contributed by atoms with Crippen LogP contribution in [0, 0.1) is 12.8 Å². The minimum absolute atomic E-state index is 0.155. The third-order valence-corrected chi connectivity index (χ3v) is 3.88. The zero-order chi connectivity index (χ0) is 15.4. The standard InChI is InChI=1S/C16H20N4O2/c1-12-8-17-10-15(19-12)20-6-2-4-13(11-20)9-18-16(21)14-5-3-7-22-14/h3,5,7-8,10,13H,2,4,6,9,11H2,1H3,(H,18,21). The van der Waals surface area contributed by atoms with Gasteiger partial charge in [-0.3, -0.25) is 9.78 Å². The number of nitrogens with zero attached hydrogens (tertiary/aromatic N) is 3. The van der Waals surface area contributed by atoms with Crippen molar-refractivity contribution in [2.24, 2.45) is 5.92 Å². The van der Waals surface area contributed by atoms with Crippen molar-refractivity contribution in [2.75, 3.05) is 24.5 Å². The van der Waals surface area contributed by atoms with Crippen molar-refractivity contribution in [3.8, 4) is 0 Å². The van der Waals surface area contributed by atoms with Gasteiger partial charge in [-0.15, -0.1) is 0 Å². The Hall–Kier alpha value is -2.37. The molecule has 1 aliphatic rings. The average molecular weight is 300 g/mol. The fourth-order valence-electron chi connectivity index (χ4n) is 2.77. The zero-order valence-corrected chi connectivity index (χ0v) is 12.7. The molecule has 3 rings (SSSR count). The first kappa shape index (κ1) is 14.6. The fraction of sp³-hybridized carbons (Fsp3) is 0.438. The molecule has 6 heteroatoms. The van der Waals surface area contributed by atoms with Gasteiger partial charge in [-0.05, 0) is 37.8 Å². The van der Waals surface area contributed by atoms with Gasteiger partial charge < -0.3 is 14.6 Å². The minimum atomic E-state index is -0.155. The number of rotatable bonds is 4. The number of nitrogens with one attached hydrogen (secondary N) is 1. The highest BCUT2D eigenvalue weighted by atomic mass is 16.3. The number of piperidine rings is 1. The highest BCUT2D eigenvalue weighted by molar-refractivity contribution is 5.91. The summed E-state index contributed by atoms with van der Waals surface area (Å²) < 4.78 is 5.10. The summed E-state index contributed by atoms with van der Waals surface area (Å²) in [6, 6.07) is 3.39. The summed E-state index contributed by atoms with van der Waals surface area (Å²) in [5.41, 5.74) is 0.922. The maximum Gasteiger partial charge on any atom is 0.286 e. The predicted octanol–water partition coefficient (Wildman–Crippen LogP) is 2.02. The molecule has 6 nitrogen and oxygen atoms in total. The summed E-state index contributed by atoms with van der Waals surface area (Å²) in [5.74, 6) is 1.53. The van der Waals surface area contributed by atoms with Crippen molar-refractivity contribution in [2.45, 2.75) is 19.8 Å². The number of hydrogen-bond donors (Lipinski definition) is 1. The van der Waals surface area contributed by atoms with E-state index in [1.807, 2.05) is 6.92 Å². The van der Waals surface area contributed by atoms with Crippen LogP contribution >= 0.6 is 0 Å². The lowest BCUT2D eigenvalue weighted by Gasteiger charge is -2.33. The predicted molar refractivity (Wildman–Crippen MR) is 82.7 cm³/mol. The van der Waals surface area contributed by atoms with Crippen molar-refractivity contribution in [3.63, 3.8) is 0 Å². The van der Waals surface area contributed by atoms with E-state index in [1.54, 1.807) is 24.5 Å². The molecule has 1 N–H and O–H groups in total. The second-order valence-electron chi connectivity index (χ2n) is 5.66. The summed E-state index contributed by atoms with van der Waals surface area (Å²) >= 11 is 0. The third kappa shape index (κ3) is 3.44. The Morgan fingerprint density at radius 1 is 1.50 bits per heavy atom. The molecule has 3 heterocycles. The van der Waals surface area contributed by atoms with Gasteiger partial charge in [-0.2, -0.15) is 0 Å². The Kier molecular flexibility index (Phi) is 4.37. The van der Waals surface area contributed by atoms with Crippen molar-refractivity contribution < 1.29 is 9.21 Å². The van der Waals surface area contributed by atoms with E-state index in [9.17, 15) is 4.79 Å². The molecule has 116 valence electrons. The van der Waals surface area contributed by atoms with E-state index in [0.29, 0.717) is 18.2 Å². The summed E-state index contributed by atoms with van der Waals surface area (Å²) in [6.45, 7) is 4.47. The quantitative estimate of drug-likeness (QED) is 0.935. The maximum atomic E-state index is 11.9. The number of hydrogen-bond acceptors (Lipinski definition) is 5. The van der Waals surface area contributed by atoms with Crippen LogP contribution in [0.1, 0.15) is 29.1 Å². The van der Waals surface area contributed by atoms with E-state index in [4.69, 9.17) is 4.42 Å². The molecule has 2 aromatic rings. The number of carbonyl (C=O) groups excluding carboxylic acids is 1. The Morgan fingerprint density at radius 2 is 2.41 bits per heavy atom. The number of furan rings is 1. The molecule has 1 fully saturated rings. The SMILES string of the molecule is Cc1cncc(N2CCCC(CNC(=O)c3ccco3)C2)n1. The molecule has 1 saturated heterocycles. The summed E-state index contributed by atoms with van der Waals surface area (Å²) in [6.07, 6.45) is 7.27. The first-order valence-corrected chi connectivity index (χ1v) is 7.57. The first-order chi connectivity index (χ1) is 10.7. The Labute approximate surface area is 129 Å². The number of aryl methyl sites for hydroxylation is 1. The van der Waals surface area contributed by atoms with Crippen LogP contribution in [-0.4, -0.2) is 35.5 Å². The van der Waals surface area contributed by atoms with Crippen LogP contribution in [0.5, 0.6) is 0 Å². The molecule has 0 spiro atoms. The molecule has 0 aromatic carbocycles. The second-order valence-corrected chi connectivity index (χ2v) is 5.66. The Bertz CT molecular complexity index is 627. The van der Waals surface area contributed by atoms with E-state index in [1.165, 1.54) is 6.26 Å². The van der Waals surface area contributed by atoms with Crippen molar-refractivity contribution >= 4 is 11.7 Å². The minimum Gasteiger partial charge on any atom is -0.459 e. The number of amides is 1. The molecule has 2 aromatic heterocycles. The highest BCUT2D eigenvalue weighted by Crippen LogP contribution is 2.20. The molecular formula is C16H20N4O2. The van der Waals surface area contributed by atoms with Crippen LogP contribution in [0.15, 0.2) is 35.2 Å². The largest absolute Gasteiger partial charge is 0.459 e. The molecule has 1 unspecified atom stereocenters. The smallest absolute Gasteiger partial charge is 0.286 e. The van der Waals surface area contributed by atoms with E-state index in [-0.39, 0.29) is 5.91 Å². The normalized spacial score (nSPS) is 18.2. The molecule has 0 aliphatic carbocycles. The second kappa shape index (κ2) is 6.60. The van der Waals surface area contributed by atoms with Crippen molar-refractivity contribution in [1.82, 2.24) is 15.3 Å². The molecule has 1 atom stereocenters. The zero-order valence-electron chi connectivity index (χ0n) is 12.7. The van der Waals surface area contributed by atoms with Gasteiger partial charge in [0.25, 0.3) is 5.91 Å². The van der Waals surface area contributed by atoms with Gasteiger partial charge in [0.1, 0.15) is 5.82 Å². The number of carbonyl (C=O) groups is 1. The Balaban J connectivity index is 1.56. The lowest BCUT2D eigenvalue weighted by Crippen LogP contribution is -2.41. The highest BCUT2D eigenvalue weighted by Gasteiger charge is 2.22. The Morgan fingerprint density at radius 3 is 3.18 bits per heavy atom. The van der Waals surface area contributed by atoms with Gasteiger partial charge in [0.15, 0.2) is 5.76 Å². The average Bonchev–Trinajstić information content (AvgIpc) is 3.07. The van der Waals surface area contributed by atoms with Gasteiger partial charge in [0.05, 0.1) is 18.2 Å². The lowest BCUT2D eigenvalue weighted by molar-refractivity contribution is 0.0918. The number of anilines is 1. The van der Waals surface area contributed by atoms with Gasteiger partial charge >= 0.3 is 0 Å². The molecule has 1 aliphatic heterocycles. The van der Waals surface area contributed by atoms with E-state index >= 15 is 0 Å². The van der Waals surface area contributed by atoms with Crippen LogP contribution < -0.4 is 10.2 Å². The van der Waals surface area contributed by atoms with Crippen LogP contribution in [0.3, 0.4) is 0 Å². The summed E-state index contributed by atoms with van der Waals surface area (Å²) in [7, 11) is 0.